The van der Waals surface area contributed by atoms with E-state index in [1.54, 1.807) is 0 Å². The number of nitrogens with one attached hydrogen (secondary N) is 1. The first kappa shape index (κ1) is 24.2. The molecule has 0 saturated carbocycles. The first-order valence-electron chi connectivity index (χ1n) is 9.93. The fraction of sp³-hybridized carbons (Fsp3) is 0.238. The average molecular weight is 517 g/mol. The molecule has 1 atom stereocenters. The number of benzene rings is 2. The van der Waals surface area contributed by atoms with Crippen LogP contribution >= 0.6 is 11.6 Å². The molecule has 7 nitrogen and oxygen atoms in total. The number of carbonyl (C=O) groups excluding carboxylic acids is 1. The van der Waals surface area contributed by atoms with Crippen molar-refractivity contribution in [1.29, 1.82) is 0 Å². The Morgan fingerprint density at radius 2 is 1.76 bits per heavy atom. The highest BCUT2D eigenvalue weighted by atomic mass is 35.5. The largest absolute Gasteiger partial charge is 0.416 e. The number of halogens is 5. The van der Waals surface area contributed by atoms with Crippen LogP contribution in [0, 0.1) is 5.82 Å². The van der Waals surface area contributed by atoms with Crippen LogP contribution in [0.15, 0.2) is 59.6 Å². The lowest BCUT2D eigenvalue weighted by Gasteiger charge is -2.38. The second-order valence-corrected chi connectivity index (χ2v) is 9.77. The van der Waals surface area contributed by atoms with Gasteiger partial charge < -0.3 is 5.32 Å². The fourth-order valence-electron chi connectivity index (χ4n) is 3.40. The zero-order chi connectivity index (χ0) is 24.7. The number of amides is 1. The number of nitrogens with zero attached hydrogens (tertiary/aromatic N) is 3. The van der Waals surface area contributed by atoms with Crippen molar-refractivity contribution in [3.8, 4) is 5.69 Å². The predicted octanol–water partition coefficient (Wildman–Crippen LogP) is 3.76. The summed E-state index contributed by atoms with van der Waals surface area (Å²) in [5.74, 6) is -1.12. The van der Waals surface area contributed by atoms with Gasteiger partial charge in [0.05, 0.1) is 16.1 Å². The molecule has 34 heavy (non-hydrogen) atoms. The van der Waals surface area contributed by atoms with Gasteiger partial charge in [-0.3, -0.25) is 4.79 Å². The standard InChI is InChI=1S/C21H17ClF4N4O3S/c22-19-13(12-29(28-19)16-5-1-14(2-6-16)21(24,25)26)11-27-20(31)18-9-10-30(18)34(32,33)17-7-3-15(23)4-8-17/h1-8,12,18H,9-11H2,(H,27,31). The van der Waals surface area contributed by atoms with Crippen molar-refractivity contribution >= 4 is 27.5 Å². The molecule has 180 valence electrons. The molecule has 1 saturated heterocycles. The van der Waals surface area contributed by atoms with Crippen LogP contribution in [0.3, 0.4) is 0 Å². The molecule has 1 amide bonds. The molecule has 13 heteroatoms. The van der Waals surface area contributed by atoms with Crippen molar-refractivity contribution in [2.75, 3.05) is 6.54 Å². The van der Waals surface area contributed by atoms with E-state index in [9.17, 15) is 30.8 Å². The van der Waals surface area contributed by atoms with Crippen LogP contribution in [-0.4, -0.2) is 41.0 Å². The maximum atomic E-state index is 13.1. The summed E-state index contributed by atoms with van der Waals surface area (Å²) in [7, 11) is -3.97. The molecule has 1 aliphatic rings. The number of hydrogen-bond donors (Lipinski definition) is 1. The lowest BCUT2D eigenvalue weighted by atomic mass is 10.1. The zero-order valence-electron chi connectivity index (χ0n) is 17.3. The number of alkyl halides is 3. The van der Waals surface area contributed by atoms with Crippen molar-refractivity contribution in [3.63, 3.8) is 0 Å². The van der Waals surface area contributed by atoms with Crippen LogP contribution in [-0.2, 0) is 27.5 Å². The molecule has 1 N–H and O–H groups in total. The van der Waals surface area contributed by atoms with Gasteiger partial charge in [-0.1, -0.05) is 11.6 Å². The highest BCUT2D eigenvalue weighted by Crippen LogP contribution is 2.30. The second-order valence-electron chi connectivity index (χ2n) is 7.53. The number of hydrogen-bond acceptors (Lipinski definition) is 4. The second kappa shape index (κ2) is 9.01. The summed E-state index contributed by atoms with van der Waals surface area (Å²) < 4.78 is 79.1. The topological polar surface area (TPSA) is 84.3 Å². The summed E-state index contributed by atoms with van der Waals surface area (Å²) in [6.07, 6.45) is -2.70. The molecule has 0 aliphatic carbocycles. The predicted molar refractivity (Wildman–Crippen MR) is 114 cm³/mol. The van der Waals surface area contributed by atoms with E-state index in [4.69, 9.17) is 11.6 Å². The minimum Gasteiger partial charge on any atom is -0.350 e. The number of rotatable bonds is 6. The highest BCUT2D eigenvalue weighted by molar-refractivity contribution is 7.89. The molecule has 0 spiro atoms. The van der Waals surface area contributed by atoms with Gasteiger partial charge in [-0.2, -0.15) is 22.6 Å². The van der Waals surface area contributed by atoms with Gasteiger partial charge in [0.15, 0.2) is 5.15 Å². The molecular weight excluding hydrogens is 500 g/mol. The van der Waals surface area contributed by atoms with Crippen molar-refractivity contribution in [2.24, 2.45) is 0 Å². The van der Waals surface area contributed by atoms with E-state index < -0.39 is 39.5 Å². The minimum absolute atomic E-state index is 0.0320. The van der Waals surface area contributed by atoms with Gasteiger partial charge >= 0.3 is 6.18 Å². The fourth-order valence-corrected chi connectivity index (χ4v) is 5.23. The van der Waals surface area contributed by atoms with Gasteiger partial charge in [0.2, 0.25) is 15.9 Å². The lowest BCUT2D eigenvalue weighted by Crippen LogP contribution is -2.57. The van der Waals surface area contributed by atoms with Crippen molar-refractivity contribution in [1.82, 2.24) is 19.4 Å². The lowest BCUT2D eigenvalue weighted by molar-refractivity contribution is -0.137. The van der Waals surface area contributed by atoms with Crippen molar-refractivity contribution in [3.05, 3.63) is 76.8 Å². The van der Waals surface area contributed by atoms with Gasteiger partial charge in [0.25, 0.3) is 0 Å². The molecule has 3 aromatic rings. The third-order valence-corrected chi connectivity index (χ3v) is 7.59. The molecule has 1 aromatic heterocycles. The third-order valence-electron chi connectivity index (χ3n) is 5.34. The Morgan fingerprint density at radius 3 is 2.32 bits per heavy atom. The molecule has 1 aliphatic heterocycles. The molecular formula is C21H17ClF4N4O3S. The van der Waals surface area contributed by atoms with Crippen LogP contribution < -0.4 is 5.32 Å². The molecule has 2 heterocycles. The van der Waals surface area contributed by atoms with Gasteiger partial charge in [0.1, 0.15) is 11.9 Å². The normalized spacial score (nSPS) is 16.8. The monoisotopic (exact) mass is 516 g/mol. The highest BCUT2D eigenvalue weighted by Gasteiger charge is 2.42. The molecule has 0 radical (unpaired) electrons. The Balaban J connectivity index is 1.41. The quantitative estimate of drug-likeness (QED) is 0.506. The molecule has 0 bridgehead atoms. The molecule has 2 aromatic carbocycles. The summed E-state index contributed by atoms with van der Waals surface area (Å²) in [5, 5.41) is 6.68. The van der Waals surface area contributed by atoms with Crippen molar-refractivity contribution < 1.29 is 30.8 Å². The first-order valence-corrected chi connectivity index (χ1v) is 11.8. The number of sulfonamides is 1. The zero-order valence-corrected chi connectivity index (χ0v) is 18.8. The van der Waals surface area contributed by atoms with E-state index in [0.717, 1.165) is 40.7 Å². The van der Waals surface area contributed by atoms with E-state index in [2.05, 4.69) is 10.4 Å². The Bertz CT molecular complexity index is 1310. The van der Waals surface area contributed by atoms with E-state index in [1.807, 2.05) is 0 Å². The Kier molecular flexibility index (Phi) is 6.40. The van der Waals surface area contributed by atoms with E-state index in [0.29, 0.717) is 17.7 Å². The van der Waals surface area contributed by atoms with E-state index in [-0.39, 0.29) is 23.1 Å². The van der Waals surface area contributed by atoms with Gasteiger partial charge in [-0.15, -0.1) is 0 Å². The molecule has 1 fully saturated rings. The van der Waals surface area contributed by atoms with Gasteiger partial charge in [-0.05, 0) is 55.0 Å². The number of carbonyl (C=O) groups is 1. The minimum atomic E-state index is -4.46. The maximum Gasteiger partial charge on any atom is 0.416 e. The Hall–Kier alpha value is -2.96. The van der Waals surface area contributed by atoms with Crippen molar-refractivity contribution in [2.45, 2.75) is 30.1 Å². The SMILES string of the molecule is O=C(NCc1cn(-c2ccc(C(F)(F)F)cc2)nc1Cl)C1CCN1S(=O)(=O)c1ccc(F)cc1. The first-order chi connectivity index (χ1) is 16.0. The van der Waals surface area contributed by atoms with E-state index in [1.165, 1.54) is 23.0 Å². The smallest absolute Gasteiger partial charge is 0.350 e. The summed E-state index contributed by atoms with van der Waals surface area (Å²) in [6, 6.07) is 7.69. The number of aromatic nitrogens is 2. The van der Waals surface area contributed by atoms with Crippen LogP contribution in [0.2, 0.25) is 5.15 Å². The van der Waals surface area contributed by atoms with Gasteiger partial charge in [-0.25, -0.2) is 17.5 Å². The van der Waals surface area contributed by atoms with Crippen LogP contribution in [0.4, 0.5) is 17.6 Å². The van der Waals surface area contributed by atoms with Gasteiger partial charge in [0, 0.05) is 24.8 Å². The van der Waals surface area contributed by atoms with Crippen LogP contribution in [0.25, 0.3) is 5.69 Å². The molecule has 1 unspecified atom stereocenters. The Morgan fingerprint density at radius 1 is 1.12 bits per heavy atom. The summed E-state index contributed by atoms with van der Waals surface area (Å²) in [5.41, 5.74) is -0.0761. The maximum absolute atomic E-state index is 13.1. The van der Waals surface area contributed by atoms with Crippen LogP contribution in [0.5, 0.6) is 0 Å². The summed E-state index contributed by atoms with van der Waals surface area (Å²) in [4.78, 5) is 12.5. The third kappa shape index (κ3) is 4.79. The average Bonchev–Trinajstić information content (AvgIpc) is 3.11. The summed E-state index contributed by atoms with van der Waals surface area (Å²) in [6.45, 7) is 0.0731. The van der Waals surface area contributed by atoms with Crippen LogP contribution in [0.1, 0.15) is 17.5 Å². The molecule has 4 rings (SSSR count). The Labute approximate surface area is 197 Å². The summed E-state index contributed by atoms with van der Waals surface area (Å²) >= 11 is 6.10. The van der Waals surface area contributed by atoms with E-state index >= 15 is 0 Å².